The molecule has 0 radical (unpaired) electrons. The van der Waals surface area contributed by atoms with Gasteiger partial charge in [0.2, 0.25) is 5.91 Å². The van der Waals surface area contributed by atoms with E-state index in [1.165, 1.54) is 0 Å². The van der Waals surface area contributed by atoms with Crippen LogP contribution >= 0.6 is 0 Å². The van der Waals surface area contributed by atoms with Crippen molar-refractivity contribution in [1.82, 2.24) is 5.32 Å². The molecular formula is C14H17NO3. The van der Waals surface area contributed by atoms with Gasteiger partial charge >= 0.3 is 0 Å². The second-order valence-electron chi connectivity index (χ2n) is 4.96. The summed E-state index contributed by atoms with van der Waals surface area (Å²) < 4.78 is 5.35. The van der Waals surface area contributed by atoms with Crippen molar-refractivity contribution in [1.29, 1.82) is 0 Å². The van der Waals surface area contributed by atoms with E-state index >= 15 is 0 Å². The zero-order valence-electron chi connectivity index (χ0n) is 10.1. The molecule has 1 aromatic rings. The van der Waals surface area contributed by atoms with Gasteiger partial charge in [0.1, 0.15) is 6.10 Å². The predicted octanol–water partition coefficient (Wildman–Crippen LogP) is 0.940. The Balaban J connectivity index is 1.74. The molecule has 0 unspecified atom stereocenters. The number of carbonyl (C=O) groups excluding carboxylic acids is 1. The van der Waals surface area contributed by atoms with Crippen LogP contribution in [0.15, 0.2) is 24.3 Å². The number of hydrogen-bond acceptors (Lipinski definition) is 3. The zero-order chi connectivity index (χ0) is 12.5. The van der Waals surface area contributed by atoms with Crippen LogP contribution in [0.5, 0.6) is 0 Å². The van der Waals surface area contributed by atoms with Crippen LogP contribution in [0.2, 0.25) is 0 Å². The second-order valence-corrected chi connectivity index (χ2v) is 4.96. The highest BCUT2D eigenvalue weighted by Gasteiger charge is 2.34. The van der Waals surface area contributed by atoms with Crippen molar-refractivity contribution in [2.75, 3.05) is 6.61 Å². The Labute approximate surface area is 106 Å². The zero-order valence-corrected chi connectivity index (χ0v) is 10.1. The van der Waals surface area contributed by atoms with Crippen LogP contribution in [0, 0.1) is 0 Å². The average molecular weight is 247 g/mol. The number of amides is 1. The van der Waals surface area contributed by atoms with Gasteiger partial charge in [0.25, 0.3) is 0 Å². The number of rotatable bonds is 2. The maximum Gasteiger partial charge on any atom is 0.249 e. The van der Waals surface area contributed by atoms with Gasteiger partial charge in [-0.05, 0) is 24.0 Å². The molecular weight excluding hydrogens is 230 g/mol. The van der Waals surface area contributed by atoms with E-state index in [1.807, 2.05) is 24.3 Å². The summed E-state index contributed by atoms with van der Waals surface area (Å²) in [7, 11) is 0. The van der Waals surface area contributed by atoms with E-state index in [4.69, 9.17) is 4.74 Å². The van der Waals surface area contributed by atoms with Gasteiger partial charge in [0.15, 0.2) is 0 Å². The number of aliphatic hydroxyl groups excluding tert-OH is 1. The Morgan fingerprint density at radius 3 is 3.00 bits per heavy atom. The molecule has 1 saturated heterocycles. The monoisotopic (exact) mass is 247 g/mol. The van der Waals surface area contributed by atoms with Crippen LogP contribution in [-0.4, -0.2) is 29.8 Å². The molecule has 18 heavy (non-hydrogen) atoms. The molecule has 4 heteroatoms. The molecule has 96 valence electrons. The molecule has 1 aromatic carbocycles. The highest BCUT2D eigenvalue weighted by atomic mass is 16.5. The molecule has 1 fully saturated rings. The van der Waals surface area contributed by atoms with Crippen molar-refractivity contribution in [3.63, 3.8) is 0 Å². The smallest absolute Gasteiger partial charge is 0.249 e. The quantitative estimate of drug-likeness (QED) is 0.817. The minimum Gasteiger partial charge on any atom is -0.390 e. The molecule has 4 nitrogen and oxygen atoms in total. The van der Waals surface area contributed by atoms with Crippen LogP contribution in [0.3, 0.4) is 0 Å². The lowest BCUT2D eigenvalue weighted by atomic mass is 10.1. The summed E-state index contributed by atoms with van der Waals surface area (Å²) in [5.74, 6) is -0.103. The largest absolute Gasteiger partial charge is 0.390 e. The van der Waals surface area contributed by atoms with E-state index in [0.717, 1.165) is 24.0 Å². The average Bonchev–Trinajstić information content (AvgIpc) is 2.98. The van der Waals surface area contributed by atoms with Gasteiger partial charge < -0.3 is 15.2 Å². The lowest BCUT2D eigenvalue weighted by Crippen LogP contribution is -2.40. The third-order valence-electron chi connectivity index (χ3n) is 3.72. The number of hydrogen-bond donors (Lipinski definition) is 2. The molecule has 1 aliphatic heterocycles. The van der Waals surface area contributed by atoms with Crippen LogP contribution in [-0.2, 0) is 16.0 Å². The molecule has 2 aliphatic rings. The fraction of sp³-hybridized carbons (Fsp3) is 0.500. The molecule has 1 amide bonds. The minimum absolute atomic E-state index is 0.103. The number of carbonyl (C=O) groups is 1. The summed E-state index contributed by atoms with van der Waals surface area (Å²) in [6.45, 7) is 0.655. The first-order valence-electron chi connectivity index (χ1n) is 6.43. The van der Waals surface area contributed by atoms with Gasteiger partial charge in [0.05, 0.1) is 12.1 Å². The van der Waals surface area contributed by atoms with Crippen molar-refractivity contribution >= 4 is 5.91 Å². The highest BCUT2D eigenvalue weighted by Crippen LogP contribution is 2.31. The van der Waals surface area contributed by atoms with E-state index in [9.17, 15) is 9.90 Å². The number of aliphatic hydroxyl groups is 1. The summed E-state index contributed by atoms with van der Waals surface area (Å²) in [4.78, 5) is 12.0. The summed E-state index contributed by atoms with van der Waals surface area (Å²) in [5, 5.41) is 13.0. The molecule has 1 aliphatic carbocycles. The first-order chi connectivity index (χ1) is 8.75. The van der Waals surface area contributed by atoms with Crippen molar-refractivity contribution in [3.05, 3.63) is 35.4 Å². The van der Waals surface area contributed by atoms with Crippen LogP contribution in [0.25, 0.3) is 0 Å². The lowest BCUT2D eigenvalue weighted by molar-refractivity contribution is -0.131. The number of ether oxygens (including phenoxy) is 1. The Morgan fingerprint density at radius 2 is 2.22 bits per heavy atom. The maximum absolute atomic E-state index is 12.0. The lowest BCUT2D eigenvalue weighted by Gasteiger charge is -2.20. The summed E-state index contributed by atoms with van der Waals surface area (Å²) in [6.07, 6.45) is 1.43. The van der Waals surface area contributed by atoms with Gasteiger partial charge in [-0.2, -0.15) is 0 Å². The van der Waals surface area contributed by atoms with Crippen molar-refractivity contribution in [2.24, 2.45) is 0 Å². The van der Waals surface area contributed by atoms with Crippen LogP contribution < -0.4 is 5.32 Å². The number of benzene rings is 1. The standard InChI is InChI=1S/C14H17NO3/c16-11-8-9-4-1-2-5-10(9)13(11)15-14(17)12-6-3-7-18-12/h1-2,4-5,11-13,16H,3,6-8H2,(H,15,17)/t11-,12-,13+/m0/s1. The normalized spacial score (nSPS) is 30.2. The molecule has 0 spiro atoms. The first-order valence-corrected chi connectivity index (χ1v) is 6.43. The van der Waals surface area contributed by atoms with Gasteiger partial charge in [-0.25, -0.2) is 0 Å². The molecule has 3 rings (SSSR count). The third kappa shape index (κ3) is 2.02. The molecule has 0 bridgehead atoms. The van der Waals surface area contributed by atoms with Crippen molar-refractivity contribution < 1.29 is 14.6 Å². The summed E-state index contributed by atoms with van der Waals surface area (Å²) in [6, 6.07) is 7.55. The molecule has 3 atom stereocenters. The Morgan fingerprint density at radius 1 is 1.39 bits per heavy atom. The number of nitrogens with one attached hydrogen (secondary N) is 1. The van der Waals surface area contributed by atoms with Gasteiger partial charge in [0, 0.05) is 13.0 Å². The maximum atomic E-state index is 12.0. The minimum atomic E-state index is -0.534. The molecule has 0 saturated carbocycles. The Bertz CT molecular complexity index is 454. The van der Waals surface area contributed by atoms with Gasteiger partial charge in [-0.1, -0.05) is 24.3 Å². The second kappa shape index (κ2) is 4.71. The molecule has 0 aromatic heterocycles. The molecule has 2 N–H and O–H groups in total. The van der Waals surface area contributed by atoms with E-state index in [0.29, 0.717) is 13.0 Å². The van der Waals surface area contributed by atoms with E-state index < -0.39 is 6.10 Å². The Kier molecular flexibility index (Phi) is 3.06. The molecule has 1 heterocycles. The Hall–Kier alpha value is -1.39. The topological polar surface area (TPSA) is 58.6 Å². The van der Waals surface area contributed by atoms with Crippen molar-refractivity contribution in [3.8, 4) is 0 Å². The van der Waals surface area contributed by atoms with Crippen LogP contribution in [0.4, 0.5) is 0 Å². The van der Waals surface area contributed by atoms with E-state index in [-0.39, 0.29) is 18.1 Å². The van der Waals surface area contributed by atoms with E-state index in [2.05, 4.69) is 5.32 Å². The summed E-state index contributed by atoms with van der Waals surface area (Å²) >= 11 is 0. The SMILES string of the molecule is O=C(N[C@@H]1c2ccccc2C[C@@H]1O)[C@@H]1CCCO1. The third-order valence-corrected chi connectivity index (χ3v) is 3.72. The fourth-order valence-corrected chi connectivity index (χ4v) is 2.78. The predicted molar refractivity (Wildman–Crippen MR) is 66.0 cm³/mol. The van der Waals surface area contributed by atoms with Gasteiger partial charge in [-0.3, -0.25) is 4.79 Å². The van der Waals surface area contributed by atoms with Gasteiger partial charge in [-0.15, -0.1) is 0 Å². The first kappa shape index (κ1) is 11.7. The van der Waals surface area contributed by atoms with E-state index in [1.54, 1.807) is 0 Å². The van der Waals surface area contributed by atoms with Crippen LogP contribution in [0.1, 0.15) is 30.0 Å². The fourth-order valence-electron chi connectivity index (χ4n) is 2.78. The van der Waals surface area contributed by atoms with Crippen molar-refractivity contribution in [2.45, 2.75) is 37.5 Å². The summed E-state index contributed by atoms with van der Waals surface area (Å²) in [5.41, 5.74) is 2.14. The highest BCUT2D eigenvalue weighted by molar-refractivity contribution is 5.81. The number of fused-ring (bicyclic) bond motifs is 1.